The van der Waals surface area contributed by atoms with Crippen LogP contribution >= 0.6 is 24.2 Å². The highest BCUT2D eigenvalue weighted by Crippen LogP contribution is 2.39. The van der Waals surface area contributed by atoms with Gasteiger partial charge in [-0.05, 0) is 68.1 Å². The zero-order chi connectivity index (χ0) is 24.8. The van der Waals surface area contributed by atoms with Crippen LogP contribution in [-0.4, -0.2) is 31.4 Å². The second-order valence-corrected chi connectivity index (χ2v) is 10.0. The number of amides is 1. The molecule has 3 heterocycles. The summed E-state index contributed by atoms with van der Waals surface area (Å²) in [6, 6.07) is 12.8. The van der Waals surface area contributed by atoms with Gasteiger partial charge in [0.2, 0.25) is 0 Å². The molecule has 0 radical (unpaired) electrons. The van der Waals surface area contributed by atoms with Crippen molar-refractivity contribution in [3.05, 3.63) is 71.1 Å². The van der Waals surface area contributed by atoms with E-state index in [9.17, 15) is 18.0 Å². The summed E-state index contributed by atoms with van der Waals surface area (Å²) in [4.78, 5) is 15.7. The molecular weight excluding hydrogens is 499 g/mol. The number of hydrogen-bond acceptors (Lipinski definition) is 5. The molecule has 0 saturated heterocycles. The Labute approximate surface area is 209 Å². The van der Waals surface area contributed by atoms with Crippen LogP contribution in [0.1, 0.15) is 41.9 Å². The summed E-state index contributed by atoms with van der Waals surface area (Å²) in [5.74, 6) is -0.261. The number of alkyl halides is 3. The molecule has 1 amide bonds. The van der Waals surface area contributed by atoms with Crippen molar-refractivity contribution in [2.75, 3.05) is 5.32 Å². The number of pyridine rings is 2. The van der Waals surface area contributed by atoms with Gasteiger partial charge in [-0.25, -0.2) is 9.50 Å². The second kappa shape index (κ2) is 8.91. The number of anilines is 1. The molecular formula is C24H21ClF3N5OS. The molecule has 11 heteroatoms. The van der Waals surface area contributed by atoms with Gasteiger partial charge in [-0.2, -0.15) is 30.9 Å². The van der Waals surface area contributed by atoms with Crippen LogP contribution in [-0.2, 0) is 6.18 Å². The van der Waals surface area contributed by atoms with Gasteiger partial charge in [-0.15, -0.1) is 0 Å². The summed E-state index contributed by atoms with van der Waals surface area (Å²) in [7, 11) is 0. The fraction of sp³-hybridized carbons (Fsp3) is 0.292. The van der Waals surface area contributed by atoms with Crippen molar-refractivity contribution in [1.82, 2.24) is 19.9 Å². The topological polar surface area (TPSA) is 71.3 Å². The van der Waals surface area contributed by atoms with Gasteiger partial charge in [0.05, 0.1) is 15.9 Å². The standard InChI is InChI=1S/C24H21ClF3N5OS/c25-14-4-5-18-17(11-14)19(13-21(30-18)24(26,27)28)31-23(35)8-6-15(7-9-23)29-22(34)20-12-16-3-1-2-10-33(16)32-20/h1-5,10-13,15,35H,6-9H2,(H,29,34)(H,30,31). The minimum Gasteiger partial charge on any atom is -0.370 e. The summed E-state index contributed by atoms with van der Waals surface area (Å²) in [6.07, 6.45) is -0.561. The molecule has 1 fully saturated rings. The molecule has 3 aromatic heterocycles. The third-order valence-electron chi connectivity index (χ3n) is 6.18. The van der Waals surface area contributed by atoms with Crippen LogP contribution in [0.2, 0.25) is 5.02 Å². The summed E-state index contributed by atoms with van der Waals surface area (Å²) >= 11 is 10.9. The lowest BCUT2D eigenvalue weighted by molar-refractivity contribution is -0.140. The zero-order valence-corrected chi connectivity index (χ0v) is 20.0. The van der Waals surface area contributed by atoms with Crippen molar-refractivity contribution in [3.63, 3.8) is 0 Å². The Bertz CT molecular complexity index is 1380. The molecule has 0 atom stereocenters. The number of carbonyl (C=O) groups excluding carboxylic acids is 1. The van der Waals surface area contributed by atoms with Crippen LogP contribution in [0.5, 0.6) is 0 Å². The van der Waals surface area contributed by atoms with Crippen LogP contribution in [0.3, 0.4) is 0 Å². The largest absolute Gasteiger partial charge is 0.433 e. The average Bonchev–Trinajstić information content (AvgIpc) is 3.25. The number of carbonyl (C=O) groups is 1. The third-order valence-corrected chi connectivity index (χ3v) is 6.97. The van der Waals surface area contributed by atoms with E-state index in [1.807, 2.05) is 18.2 Å². The molecule has 0 aliphatic heterocycles. The molecule has 2 N–H and O–H groups in total. The van der Waals surface area contributed by atoms with Gasteiger partial charge in [0.1, 0.15) is 5.69 Å². The number of benzene rings is 1. The van der Waals surface area contributed by atoms with Crippen molar-refractivity contribution >= 4 is 52.2 Å². The van der Waals surface area contributed by atoms with Crippen LogP contribution in [0.15, 0.2) is 54.7 Å². The first-order chi connectivity index (χ1) is 16.6. The summed E-state index contributed by atoms with van der Waals surface area (Å²) in [6.45, 7) is 0. The second-order valence-electron chi connectivity index (χ2n) is 8.72. The van der Waals surface area contributed by atoms with E-state index in [0.717, 1.165) is 11.6 Å². The van der Waals surface area contributed by atoms with Crippen LogP contribution in [0, 0.1) is 0 Å². The third kappa shape index (κ3) is 5.04. The predicted molar refractivity (Wildman–Crippen MR) is 132 cm³/mol. The minimum absolute atomic E-state index is 0.0937. The Kier molecular flexibility index (Phi) is 6.04. The van der Waals surface area contributed by atoms with Crippen LogP contribution in [0.4, 0.5) is 18.9 Å². The maximum atomic E-state index is 13.4. The summed E-state index contributed by atoms with van der Waals surface area (Å²) in [5, 5.41) is 11.4. The molecule has 0 spiro atoms. The number of nitrogens with zero attached hydrogens (tertiary/aromatic N) is 3. The van der Waals surface area contributed by atoms with Gasteiger partial charge in [0.15, 0.2) is 5.69 Å². The fourth-order valence-electron chi connectivity index (χ4n) is 4.37. The molecule has 6 nitrogen and oxygen atoms in total. The minimum atomic E-state index is -4.59. The van der Waals surface area contributed by atoms with E-state index in [4.69, 9.17) is 24.2 Å². The number of halogens is 4. The quantitative estimate of drug-likeness (QED) is 0.230. The van der Waals surface area contributed by atoms with E-state index in [0.29, 0.717) is 41.8 Å². The van der Waals surface area contributed by atoms with Crippen molar-refractivity contribution < 1.29 is 18.0 Å². The van der Waals surface area contributed by atoms with Crippen LogP contribution < -0.4 is 10.6 Å². The highest BCUT2D eigenvalue weighted by atomic mass is 35.5. The fourth-order valence-corrected chi connectivity index (χ4v) is 4.92. The van der Waals surface area contributed by atoms with E-state index >= 15 is 0 Å². The highest BCUT2D eigenvalue weighted by Gasteiger charge is 2.36. The number of nitrogens with one attached hydrogen (secondary N) is 2. The smallest absolute Gasteiger partial charge is 0.370 e. The first kappa shape index (κ1) is 23.7. The Morgan fingerprint density at radius 2 is 1.91 bits per heavy atom. The molecule has 1 aliphatic carbocycles. The van der Waals surface area contributed by atoms with Crippen molar-refractivity contribution in [2.24, 2.45) is 0 Å². The first-order valence-corrected chi connectivity index (χ1v) is 11.9. The SMILES string of the molecule is O=C(NC1CCC(S)(Nc2cc(C(F)(F)F)nc3ccc(Cl)cc23)CC1)c1cc2ccccn2n1. The van der Waals surface area contributed by atoms with E-state index in [2.05, 4.69) is 20.7 Å². The zero-order valence-electron chi connectivity index (χ0n) is 18.3. The highest BCUT2D eigenvalue weighted by molar-refractivity contribution is 7.82. The van der Waals surface area contributed by atoms with Crippen LogP contribution in [0.25, 0.3) is 16.4 Å². The van der Waals surface area contributed by atoms with Gasteiger partial charge in [-0.3, -0.25) is 4.79 Å². The van der Waals surface area contributed by atoms with Crippen molar-refractivity contribution in [2.45, 2.75) is 42.8 Å². The molecule has 1 aromatic carbocycles. The molecule has 1 aliphatic rings. The van der Waals surface area contributed by atoms with E-state index in [1.54, 1.807) is 22.8 Å². The predicted octanol–water partition coefficient (Wildman–Crippen LogP) is 5.97. The lowest BCUT2D eigenvalue weighted by atomic mass is 9.90. The molecule has 4 aromatic rings. The molecule has 182 valence electrons. The number of aromatic nitrogens is 3. The van der Waals surface area contributed by atoms with E-state index < -0.39 is 16.7 Å². The van der Waals surface area contributed by atoms with Gasteiger partial charge < -0.3 is 10.6 Å². The molecule has 35 heavy (non-hydrogen) atoms. The lowest BCUT2D eigenvalue weighted by Gasteiger charge is -2.38. The lowest BCUT2D eigenvalue weighted by Crippen LogP contribution is -2.44. The maximum Gasteiger partial charge on any atom is 0.433 e. The molecule has 5 rings (SSSR count). The van der Waals surface area contributed by atoms with E-state index in [-0.39, 0.29) is 23.2 Å². The van der Waals surface area contributed by atoms with Crippen molar-refractivity contribution in [1.29, 1.82) is 0 Å². The normalized spacial score (nSPS) is 20.8. The Morgan fingerprint density at radius 1 is 1.14 bits per heavy atom. The number of thiol groups is 1. The van der Waals surface area contributed by atoms with Gasteiger partial charge >= 0.3 is 6.18 Å². The number of fused-ring (bicyclic) bond motifs is 2. The molecule has 0 unspecified atom stereocenters. The number of rotatable bonds is 4. The monoisotopic (exact) mass is 519 g/mol. The number of hydrogen-bond donors (Lipinski definition) is 3. The van der Waals surface area contributed by atoms with Gasteiger partial charge in [0, 0.05) is 28.3 Å². The maximum absolute atomic E-state index is 13.4. The van der Waals surface area contributed by atoms with Gasteiger partial charge in [-0.1, -0.05) is 17.7 Å². The average molecular weight is 520 g/mol. The Balaban J connectivity index is 1.30. The first-order valence-electron chi connectivity index (χ1n) is 11.0. The van der Waals surface area contributed by atoms with Gasteiger partial charge in [0.25, 0.3) is 5.91 Å². The summed E-state index contributed by atoms with van der Waals surface area (Å²) < 4.78 is 42.0. The summed E-state index contributed by atoms with van der Waals surface area (Å²) in [5.41, 5.74) is 0.629. The molecule has 1 saturated carbocycles. The van der Waals surface area contributed by atoms with E-state index in [1.165, 1.54) is 12.1 Å². The van der Waals surface area contributed by atoms with Crippen molar-refractivity contribution in [3.8, 4) is 0 Å². The Hall–Kier alpha value is -2.98. The molecule has 0 bridgehead atoms. The Morgan fingerprint density at radius 3 is 2.63 bits per heavy atom.